The highest BCUT2D eigenvalue weighted by Gasteiger charge is 2.32. The number of phenols is 1. The highest BCUT2D eigenvalue weighted by atomic mass is 16.5. The van der Waals surface area contributed by atoms with Crippen molar-refractivity contribution in [1.82, 2.24) is 16.1 Å². The lowest BCUT2D eigenvalue weighted by Gasteiger charge is -2.28. The van der Waals surface area contributed by atoms with Crippen LogP contribution in [0.15, 0.2) is 52.8 Å². The number of nitrogens with one attached hydrogen (secondary N) is 3. The Morgan fingerprint density at radius 3 is 2.51 bits per heavy atom. The van der Waals surface area contributed by atoms with Crippen molar-refractivity contribution < 1.29 is 33.7 Å². The maximum Gasteiger partial charge on any atom is 0.337 e. The second-order valence-electron chi connectivity index (χ2n) is 8.47. The molecule has 0 spiro atoms. The quantitative estimate of drug-likeness (QED) is 0.193. The highest BCUT2D eigenvalue weighted by Crippen LogP contribution is 2.34. The fourth-order valence-electron chi connectivity index (χ4n) is 4.08. The van der Waals surface area contributed by atoms with Crippen LogP contribution in [0.1, 0.15) is 37.9 Å². The van der Waals surface area contributed by atoms with Crippen LogP contribution in [0.3, 0.4) is 0 Å². The summed E-state index contributed by atoms with van der Waals surface area (Å²) in [5.41, 5.74) is 4.87. The maximum absolute atomic E-state index is 12.3. The van der Waals surface area contributed by atoms with Gasteiger partial charge in [0, 0.05) is 36.1 Å². The van der Waals surface area contributed by atoms with Gasteiger partial charge in [-0.15, -0.1) is 0 Å². The molecule has 12 heteroatoms. The third-order valence-electron chi connectivity index (χ3n) is 6.09. The molecule has 1 atom stereocenters. The minimum Gasteiger partial charge on any atom is -0.507 e. The van der Waals surface area contributed by atoms with Crippen molar-refractivity contribution in [3.63, 3.8) is 0 Å². The molecule has 2 aromatic carbocycles. The van der Waals surface area contributed by atoms with Gasteiger partial charge in [-0.3, -0.25) is 4.79 Å². The normalized spacial score (nSPS) is 14.9. The standard InChI is InChI=1S/C27H33N5O7/c1-6-32(7-2)19-10-8-18(20(33)13-19)14-28-31-23(34)15-39-21-11-9-17(12-22(21)37-4)25-24(26(35)38-5)16(3)29-27(36)30-25/h8-14,25,33H,6-7,15H2,1-5H3,(H,31,34)(H2,29,30,36)/b28-14-/t25-/m1/s1. The van der Waals surface area contributed by atoms with E-state index in [2.05, 4.69) is 26.1 Å². The number of urea groups is 1. The molecule has 0 aliphatic carbocycles. The Kier molecular flexibility index (Phi) is 9.74. The lowest BCUT2D eigenvalue weighted by molar-refractivity contribution is -0.136. The largest absolute Gasteiger partial charge is 0.507 e. The number of phenolic OH excluding ortho intramolecular Hbond substituents is 1. The Balaban J connectivity index is 1.65. The van der Waals surface area contributed by atoms with E-state index >= 15 is 0 Å². The molecule has 3 amide bonds. The van der Waals surface area contributed by atoms with Gasteiger partial charge in [-0.2, -0.15) is 5.10 Å². The molecular formula is C27H33N5O7. The van der Waals surface area contributed by atoms with E-state index < -0.39 is 23.9 Å². The molecule has 0 bridgehead atoms. The smallest absolute Gasteiger partial charge is 0.337 e. The molecular weight excluding hydrogens is 506 g/mol. The number of carbonyl (C=O) groups is 3. The summed E-state index contributed by atoms with van der Waals surface area (Å²) in [5.74, 6) is -0.519. The molecule has 0 aromatic heterocycles. The van der Waals surface area contributed by atoms with E-state index in [-0.39, 0.29) is 29.4 Å². The molecule has 1 heterocycles. The summed E-state index contributed by atoms with van der Waals surface area (Å²) in [7, 11) is 2.69. The summed E-state index contributed by atoms with van der Waals surface area (Å²) in [6.45, 7) is 6.93. The first kappa shape index (κ1) is 28.8. The molecule has 39 heavy (non-hydrogen) atoms. The minimum atomic E-state index is -0.774. The molecule has 4 N–H and O–H groups in total. The molecule has 0 saturated carbocycles. The first-order valence-electron chi connectivity index (χ1n) is 12.3. The number of esters is 1. The predicted octanol–water partition coefficient (Wildman–Crippen LogP) is 2.58. The number of rotatable bonds is 11. The summed E-state index contributed by atoms with van der Waals surface area (Å²) in [4.78, 5) is 38.7. The molecule has 0 saturated heterocycles. The van der Waals surface area contributed by atoms with Crippen molar-refractivity contribution in [2.45, 2.75) is 26.8 Å². The summed E-state index contributed by atoms with van der Waals surface area (Å²) < 4.78 is 15.9. The zero-order valence-corrected chi connectivity index (χ0v) is 22.5. The number of aromatic hydroxyl groups is 1. The van der Waals surface area contributed by atoms with E-state index in [0.29, 0.717) is 16.8 Å². The average Bonchev–Trinajstić information content (AvgIpc) is 2.92. The monoisotopic (exact) mass is 539 g/mol. The predicted molar refractivity (Wildman–Crippen MR) is 145 cm³/mol. The number of nitrogens with zero attached hydrogens (tertiary/aromatic N) is 2. The van der Waals surface area contributed by atoms with Gasteiger partial charge >= 0.3 is 12.0 Å². The fraction of sp³-hybridized carbons (Fsp3) is 0.333. The third kappa shape index (κ3) is 6.98. The number of amides is 3. The van der Waals surface area contributed by atoms with Crippen molar-refractivity contribution in [1.29, 1.82) is 0 Å². The number of allylic oxidation sites excluding steroid dienone is 1. The van der Waals surface area contributed by atoms with Crippen molar-refractivity contribution in [2.75, 3.05) is 38.8 Å². The average molecular weight is 540 g/mol. The van der Waals surface area contributed by atoms with Gasteiger partial charge in [0.1, 0.15) is 5.75 Å². The molecule has 1 aliphatic rings. The number of anilines is 1. The molecule has 0 unspecified atom stereocenters. The van der Waals surface area contributed by atoms with Crippen molar-refractivity contribution in [3.05, 3.63) is 58.8 Å². The maximum atomic E-state index is 12.3. The van der Waals surface area contributed by atoms with Gasteiger partial charge in [-0.1, -0.05) is 6.07 Å². The summed E-state index contributed by atoms with van der Waals surface area (Å²) >= 11 is 0. The third-order valence-corrected chi connectivity index (χ3v) is 6.09. The number of carbonyl (C=O) groups excluding carboxylic acids is 3. The number of hydrogen-bond acceptors (Lipinski definition) is 9. The molecule has 0 radical (unpaired) electrons. The van der Waals surface area contributed by atoms with Crippen LogP contribution in [0, 0.1) is 0 Å². The molecule has 0 fully saturated rings. The lowest BCUT2D eigenvalue weighted by Crippen LogP contribution is -2.45. The molecule has 12 nitrogen and oxygen atoms in total. The van der Waals surface area contributed by atoms with Gasteiger partial charge in [-0.05, 0) is 50.6 Å². The number of methoxy groups -OCH3 is 2. The summed E-state index contributed by atoms with van der Waals surface area (Å²) in [6, 6.07) is 8.81. The van der Waals surface area contributed by atoms with E-state index in [9.17, 15) is 19.5 Å². The van der Waals surface area contributed by atoms with E-state index in [1.807, 2.05) is 19.9 Å². The number of hydrazone groups is 1. The van der Waals surface area contributed by atoms with Gasteiger partial charge in [-0.25, -0.2) is 15.0 Å². The van der Waals surface area contributed by atoms with Crippen LogP contribution >= 0.6 is 0 Å². The first-order valence-corrected chi connectivity index (χ1v) is 12.3. The van der Waals surface area contributed by atoms with Crippen LogP contribution in [0.25, 0.3) is 0 Å². The molecule has 2 aromatic rings. The SMILES string of the molecule is CCN(CC)c1ccc(/C=N\NC(=O)COc2ccc([C@H]3NC(=O)NC(C)=C3C(=O)OC)cc2OC)c(O)c1. The molecule has 208 valence electrons. The van der Waals surface area contributed by atoms with Crippen LogP contribution in [0.4, 0.5) is 10.5 Å². The van der Waals surface area contributed by atoms with E-state index in [1.165, 1.54) is 20.4 Å². The van der Waals surface area contributed by atoms with Crippen LogP contribution in [-0.2, 0) is 14.3 Å². The van der Waals surface area contributed by atoms with Crippen LogP contribution in [-0.4, -0.2) is 63.1 Å². The fourth-order valence-corrected chi connectivity index (χ4v) is 4.08. The Morgan fingerprint density at radius 2 is 1.87 bits per heavy atom. The van der Waals surface area contributed by atoms with Crippen LogP contribution in [0.2, 0.25) is 0 Å². The zero-order chi connectivity index (χ0) is 28.5. The van der Waals surface area contributed by atoms with E-state index in [1.54, 1.807) is 37.3 Å². The van der Waals surface area contributed by atoms with Crippen molar-refractivity contribution in [3.8, 4) is 17.2 Å². The second-order valence-corrected chi connectivity index (χ2v) is 8.47. The summed E-state index contributed by atoms with van der Waals surface area (Å²) in [5, 5.41) is 19.4. The Hall–Kier alpha value is -4.74. The van der Waals surface area contributed by atoms with Gasteiger partial charge < -0.3 is 34.9 Å². The second kappa shape index (κ2) is 13.2. The number of ether oxygens (including phenoxy) is 3. The Labute approximate surface area is 226 Å². The van der Waals surface area contributed by atoms with Gasteiger partial charge in [0.15, 0.2) is 18.1 Å². The topological polar surface area (TPSA) is 151 Å². The van der Waals surface area contributed by atoms with Gasteiger partial charge in [0.2, 0.25) is 0 Å². The van der Waals surface area contributed by atoms with Gasteiger partial charge in [0.25, 0.3) is 5.91 Å². The zero-order valence-electron chi connectivity index (χ0n) is 22.5. The first-order chi connectivity index (χ1) is 18.7. The minimum absolute atomic E-state index is 0.0452. The Morgan fingerprint density at radius 1 is 1.13 bits per heavy atom. The van der Waals surface area contributed by atoms with Crippen molar-refractivity contribution in [2.24, 2.45) is 5.10 Å². The van der Waals surface area contributed by atoms with Crippen LogP contribution < -0.4 is 30.4 Å². The summed E-state index contributed by atoms with van der Waals surface area (Å²) in [6.07, 6.45) is 1.34. The number of hydrogen-bond donors (Lipinski definition) is 4. The number of benzene rings is 2. The highest BCUT2D eigenvalue weighted by molar-refractivity contribution is 5.95. The lowest BCUT2D eigenvalue weighted by atomic mass is 9.95. The molecule has 1 aliphatic heterocycles. The van der Waals surface area contributed by atoms with Crippen molar-refractivity contribution >= 4 is 29.8 Å². The van der Waals surface area contributed by atoms with Gasteiger partial charge in [0.05, 0.1) is 32.0 Å². The Bertz CT molecular complexity index is 1290. The molecule has 3 rings (SSSR count). The van der Waals surface area contributed by atoms with E-state index in [0.717, 1.165) is 18.8 Å². The van der Waals surface area contributed by atoms with E-state index in [4.69, 9.17) is 14.2 Å². The van der Waals surface area contributed by atoms with Crippen LogP contribution in [0.5, 0.6) is 17.2 Å².